The third-order valence-corrected chi connectivity index (χ3v) is 9.92. The van der Waals surface area contributed by atoms with Gasteiger partial charge in [0, 0.05) is 55.7 Å². The molecule has 9 heteroatoms. The van der Waals surface area contributed by atoms with Crippen LogP contribution in [0, 0.1) is 0 Å². The first-order chi connectivity index (χ1) is 16.6. The number of hydrogen-bond acceptors (Lipinski definition) is 7. The predicted octanol–water partition coefficient (Wildman–Crippen LogP) is 3.82. The first-order valence-electron chi connectivity index (χ1n) is 11.8. The molecule has 0 N–H and O–H groups in total. The summed E-state index contributed by atoms with van der Waals surface area (Å²) in [6.45, 7) is 5.35. The molecule has 0 amide bonds. The van der Waals surface area contributed by atoms with Gasteiger partial charge in [-0.2, -0.15) is 8.68 Å². The molecule has 176 valence electrons. The Morgan fingerprint density at radius 3 is 2.56 bits per heavy atom. The molecule has 6 rings (SSSR count). The lowest BCUT2D eigenvalue weighted by Gasteiger charge is -2.42. The van der Waals surface area contributed by atoms with Crippen LogP contribution in [0.3, 0.4) is 0 Å². The second-order valence-electron chi connectivity index (χ2n) is 9.00. The van der Waals surface area contributed by atoms with Gasteiger partial charge in [0.1, 0.15) is 5.82 Å². The van der Waals surface area contributed by atoms with Gasteiger partial charge < -0.3 is 4.90 Å². The molecule has 7 nitrogen and oxygen atoms in total. The molecule has 2 aliphatic rings. The Kier molecular flexibility index (Phi) is 5.73. The lowest BCUT2D eigenvalue weighted by Crippen LogP contribution is -2.53. The van der Waals surface area contributed by atoms with Crippen LogP contribution in [-0.4, -0.2) is 72.3 Å². The fourth-order valence-corrected chi connectivity index (χ4v) is 7.76. The van der Waals surface area contributed by atoms with Crippen LogP contribution in [0.2, 0.25) is 0 Å². The Balaban J connectivity index is 1.08. The average Bonchev–Trinajstić information content (AvgIpc) is 3.27. The maximum Gasteiger partial charge on any atom is 0.243 e. The molecular weight excluding hydrogens is 466 g/mol. The van der Waals surface area contributed by atoms with Crippen molar-refractivity contribution >= 4 is 48.4 Å². The van der Waals surface area contributed by atoms with Crippen molar-refractivity contribution < 1.29 is 8.42 Å². The summed E-state index contributed by atoms with van der Waals surface area (Å²) in [4.78, 5) is 9.52. The number of nitrogens with zero attached hydrogens (tertiary/aromatic N) is 5. The minimum Gasteiger partial charge on any atom is -0.353 e. The van der Waals surface area contributed by atoms with E-state index >= 15 is 0 Å². The Morgan fingerprint density at radius 1 is 0.912 bits per heavy atom. The van der Waals surface area contributed by atoms with Crippen molar-refractivity contribution in [2.75, 3.05) is 44.2 Å². The molecular formula is C25H27N5O2S2. The van der Waals surface area contributed by atoms with E-state index in [9.17, 15) is 8.42 Å². The zero-order valence-electron chi connectivity index (χ0n) is 18.9. The van der Waals surface area contributed by atoms with Gasteiger partial charge in [-0.15, -0.1) is 0 Å². The number of anilines is 1. The van der Waals surface area contributed by atoms with Crippen molar-refractivity contribution in [1.29, 1.82) is 0 Å². The number of sulfonamides is 1. The van der Waals surface area contributed by atoms with Gasteiger partial charge in [0.05, 0.1) is 15.1 Å². The molecule has 0 bridgehead atoms. The van der Waals surface area contributed by atoms with Gasteiger partial charge >= 0.3 is 0 Å². The number of benzene rings is 2. The zero-order valence-corrected chi connectivity index (χ0v) is 20.5. The summed E-state index contributed by atoms with van der Waals surface area (Å²) in [6.07, 6.45) is 3.48. The van der Waals surface area contributed by atoms with Crippen LogP contribution in [0.4, 0.5) is 5.82 Å². The minimum absolute atomic E-state index is 0.0671. The van der Waals surface area contributed by atoms with E-state index in [1.807, 2.05) is 12.1 Å². The number of hydrogen-bond donors (Lipinski definition) is 0. The molecule has 0 saturated carbocycles. The van der Waals surface area contributed by atoms with Crippen LogP contribution >= 0.6 is 11.5 Å². The van der Waals surface area contributed by atoms with Gasteiger partial charge in [0.2, 0.25) is 10.0 Å². The molecule has 2 aliphatic heterocycles. The quantitative estimate of drug-likeness (QED) is 0.407. The molecule has 2 fully saturated rings. The third kappa shape index (κ3) is 3.86. The minimum atomic E-state index is -3.53. The van der Waals surface area contributed by atoms with Crippen molar-refractivity contribution in [1.82, 2.24) is 18.6 Å². The molecule has 2 aromatic carbocycles. The second-order valence-corrected chi connectivity index (χ2v) is 11.7. The Bertz CT molecular complexity index is 1420. The van der Waals surface area contributed by atoms with Crippen molar-refractivity contribution in [3.63, 3.8) is 0 Å². The average molecular weight is 494 g/mol. The molecule has 34 heavy (non-hydrogen) atoms. The number of fused-ring (bicyclic) bond motifs is 2. The molecule has 4 heterocycles. The van der Waals surface area contributed by atoms with Crippen LogP contribution < -0.4 is 4.90 Å². The van der Waals surface area contributed by atoms with E-state index < -0.39 is 10.0 Å². The Morgan fingerprint density at radius 2 is 1.74 bits per heavy atom. The Labute approximate surface area is 203 Å². The molecule has 2 saturated heterocycles. The van der Waals surface area contributed by atoms with Crippen molar-refractivity contribution in [3.8, 4) is 0 Å². The molecule has 4 aromatic rings. The van der Waals surface area contributed by atoms with Gasteiger partial charge in [-0.05, 0) is 67.3 Å². The smallest absolute Gasteiger partial charge is 0.243 e. The molecule has 0 spiro atoms. The number of pyridine rings is 1. The monoisotopic (exact) mass is 493 g/mol. The maximum absolute atomic E-state index is 13.4. The van der Waals surface area contributed by atoms with Crippen LogP contribution in [-0.2, 0) is 10.0 Å². The number of piperazine rings is 1. The van der Waals surface area contributed by atoms with Gasteiger partial charge in [-0.25, -0.2) is 8.42 Å². The first-order valence-corrected chi connectivity index (χ1v) is 14.0. The van der Waals surface area contributed by atoms with E-state index in [1.54, 1.807) is 40.2 Å². The van der Waals surface area contributed by atoms with E-state index in [-0.39, 0.29) is 6.04 Å². The van der Waals surface area contributed by atoms with E-state index in [1.165, 1.54) is 10.1 Å². The topological polar surface area (TPSA) is 69.6 Å². The predicted molar refractivity (Wildman–Crippen MR) is 137 cm³/mol. The van der Waals surface area contributed by atoms with Crippen LogP contribution in [0.5, 0.6) is 0 Å². The zero-order chi connectivity index (χ0) is 23.1. The van der Waals surface area contributed by atoms with Crippen molar-refractivity contribution in [2.45, 2.75) is 23.8 Å². The van der Waals surface area contributed by atoms with Crippen LogP contribution in [0.15, 0.2) is 65.7 Å². The van der Waals surface area contributed by atoms with Crippen LogP contribution in [0.1, 0.15) is 12.8 Å². The normalized spacial score (nSPS) is 20.1. The second kappa shape index (κ2) is 8.88. The molecule has 1 atom stereocenters. The summed E-state index contributed by atoms with van der Waals surface area (Å²) in [5, 5.41) is 1.93. The summed E-state index contributed by atoms with van der Waals surface area (Å²) in [7, 11) is -3.53. The number of aromatic nitrogens is 2. The standard InChI is InChI=1S/C25H27N5O2S2/c31-34(32,24-9-3-7-22-20(24)6-4-12-26-22)30-14-11-19(30)10-13-28-15-17-29(18-16-28)25-21-5-1-2-8-23(21)33-27-25/h1-9,12,19H,10-11,13-18H2/t19-/m0/s1. The third-order valence-electron chi connectivity index (χ3n) is 7.09. The highest BCUT2D eigenvalue weighted by molar-refractivity contribution is 7.89. The van der Waals surface area contributed by atoms with E-state index in [0.717, 1.165) is 51.4 Å². The lowest BCUT2D eigenvalue weighted by molar-refractivity contribution is 0.157. The maximum atomic E-state index is 13.4. The van der Waals surface area contributed by atoms with E-state index in [4.69, 9.17) is 4.37 Å². The molecule has 2 aromatic heterocycles. The summed E-state index contributed by atoms with van der Waals surface area (Å²) in [5.41, 5.74) is 0.714. The Hall–Kier alpha value is -2.59. The fourth-order valence-electron chi connectivity index (χ4n) is 5.06. The first kappa shape index (κ1) is 21.9. The lowest BCUT2D eigenvalue weighted by atomic mass is 10.0. The van der Waals surface area contributed by atoms with Crippen molar-refractivity contribution in [2.24, 2.45) is 0 Å². The highest BCUT2D eigenvalue weighted by Gasteiger charge is 2.39. The van der Waals surface area contributed by atoms with Gasteiger partial charge in [-0.3, -0.25) is 9.88 Å². The molecule has 0 unspecified atom stereocenters. The number of rotatable bonds is 6. The van der Waals surface area contributed by atoms with E-state index in [0.29, 0.717) is 22.3 Å². The summed E-state index contributed by atoms with van der Waals surface area (Å²) >= 11 is 1.56. The molecule has 0 aliphatic carbocycles. The summed E-state index contributed by atoms with van der Waals surface area (Å²) < 4.78 is 34.5. The fraction of sp³-hybridized carbons (Fsp3) is 0.360. The van der Waals surface area contributed by atoms with Gasteiger partial charge in [0.15, 0.2) is 0 Å². The van der Waals surface area contributed by atoms with Crippen molar-refractivity contribution in [3.05, 3.63) is 60.8 Å². The highest BCUT2D eigenvalue weighted by atomic mass is 32.2. The van der Waals surface area contributed by atoms with Crippen LogP contribution in [0.25, 0.3) is 21.0 Å². The highest BCUT2D eigenvalue weighted by Crippen LogP contribution is 2.33. The summed E-state index contributed by atoms with van der Waals surface area (Å²) in [5.74, 6) is 1.10. The SMILES string of the molecule is O=S(=O)(c1cccc2ncccc12)N1CC[C@@H]1CCN1CCN(c2nsc3ccccc23)CC1. The largest absolute Gasteiger partial charge is 0.353 e. The summed E-state index contributed by atoms with van der Waals surface area (Å²) in [6, 6.07) is 17.5. The van der Waals surface area contributed by atoms with Gasteiger partial charge in [0.25, 0.3) is 0 Å². The molecule has 0 radical (unpaired) electrons. The van der Waals surface area contributed by atoms with E-state index in [2.05, 4.69) is 39.0 Å². The van der Waals surface area contributed by atoms with Gasteiger partial charge in [-0.1, -0.05) is 18.2 Å².